The van der Waals surface area contributed by atoms with Crippen molar-refractivity contribution in [3.63, 3.8) is 0 Å². The number of alkyl halides is 1. The van der Waals surface area contributed by atoms with E-state index in [1.807, 2.05) is 6.92 Å². The lowest BCUT2D eigenvalue weighted by atomic mass is 9.80. The van der Waals surface area contributed by atoms with E-state index in [4.69, 9.17) is 9.31 Å². The minimum atomic E-state index is -1.18. The van der Waals surface area contributed by atoms with Gasteiger partial charge < -0.3 is 9.31 Å². The molecule has 19 heavy (non-hydrogen) atoms. The van der Waals surface area contributed by atoms with Crippen LogP contribution < -0.4 is 0 Å². The Hall–Kier alpha value is -0.885. The van der Waals surface area contributed by atoms with Crippen LogP contribution in [0.25, 0.3) is 0 Å². The van der Waals surface area contributed by atoms with Gasteiger partial charge in [0.05, 0.1) is 13.1 Å². The van der Waals surface area contributed by atoms with E-state index < -0.39 is 23.8 Å². The van der Waals surface area contributed by atoms with E-state index in [-0.39, 0.29) is 18.9 Å². The van der Waals surface area contributed by atoms with E-state index >= 15 is 0 Å². The molecule has 0 N–H and O–H groups in total. The third kappa shape index (κ3) is 5.32. The Labute approximate surface area is 121 Å². The van der Waals surface area contributed by atoms with Crippen LogP contribution in [0, 0.1) is 0 Å². The number of halogens is 1. The first kappa shape index (κ1) is 16.2. The summed E-state index contributed by atoms with van der Waals surface area (Å²) in [5, 5.41) is 0. The van der Waals surface area contributed by atoms with Crippen LogP contribution in [0.4, 0.5) is 0 Å². The van der Waals surface area contributed by atoms with Crippen molar-refractivity contribution >= 4 is 40.8 Å². The summed E-state index contributed by atoms with van der Waals surface area (Å²) in [6.07, 6.45) is 2.00. The minimum absolute atomic E-state index is 0.00549. The Morgan fingerprint density at radius 3 is 2.37 bits per heavy atom. The third-order valence-electron chi connectivity index (χ3n) is 2.62. The molecule has 0 amide bonds. The van der Waals surface area contributed by atoms with Gasteiger partial charge in [-0.1, -0.05) is 29.3 Å². The smallest absolute Gasteiger partial charge is 0.497 e. The topological polar surface area (TPSA) is 72.9 Å². The van der Waals surface area contributed by atoms with Gasteiger partial charge in [-0.2, -0.15) is 0 Å². The van der Waals surface area contributed by atoms with E-state index in [0.29, 0.717) is 6.42 Å². The van der Waals surface area contributed by atoms with Crippen LogP contribution >= 0.6 is 15.9 Å². The van der Waals surface area contributed by atoms with Crippen molar-refractivity contribution in [2.45, 2.75) is 30.9 Å². The quantitative estimate of drug-likeness (QED) is 0.541. The van der Waals surface area contributed by atoms with Crippen LogP contribution in [0.2, 0.25) is 0 Å². The molecule has 8 heteroatoms. The number of ketones is 1. The maximum Gasteiger partial charge on any atom is 0.621 e. The molecule has 0 bridgehead atoms. The van der Waals surface area contributed by atoms with Crippen molar-refractivity contribution in [2.75, 3.05) is 20.1 Å². The summed E-state index contributed by atoms with van der Waals surface area (Å²) in [7, 11) is 0.430. The van der Waals surface area contributed by atoms with Crippen molar-refractivity contribution < 1.29 is 23.7 Å². The number of Topliss-reactive ketones (excluding diaryl/α,β-unsaturated/α-hetero) is 1. The molecule has 106 valence electrons. The number of hydrogen-bond donors (Lipinski definition) is 0. The molecule has 1 fully saturated rings. The highest BCUT2D eigenvalue weighted by Gasteiger charge is 2.41. The lowest BCUT2D eigenvalue weighted by Crippen LogP contribution is -2.48. The molecule has 0 spiro atoms. The first-order valence-corrected chi connectivity index (χ1v) is 7.10. The Bertz CT molecular complexity index is 345. The minimum Gasteiger partial charge on any atom is -0.497 e. The van der Waals surface area contributed by atoms with E-state index in [2.05, 4.69) is 15.9 Å². The molecule has 1 aliphatic rings. The molecule has 0 aromatic heterocycles. The number of carbonyl (C=O) groups is 3. The summed E-state index contributed by atoms with van der Waals surface area (Å²) < 4.78 is 9.20. The fourth-order valence-corrected chi connectivity index (χ4v) is 2.06. The monoisotopic (exact) mass is 333 g/mol. The van der Waals surface area contributed by atoms with E-state index in [0.717, 1.165) is 12.8 Å². The largest absolute Gasteiger partial charge is 0.621 e. The van der Waals surface area contributed by atoms with Gasteiger partial charge in [0.15, 0.2) is 0 Å². The lowest BCUT2D eigenvalue weighted by Gasteiger charge is -2.24. The average molecular weight is 334 g/mol. The second-order valence-electron chi connectivity index (χ2n) is 4.49. The second-order valence-corrected chi connectivity index (χ2v) is 5.48. The van der Waals surface area contributed by atoms with Crippen LogP contribution in [0.15, 0.2) is 0 Å². The van der Waals surface area contributed by atoms with Gasteiger partial charge in [-0.05, 0) is 13.5 Å². The summed E-state index contributed by atoms with van der Waals surface area (Å²) in [5.74, 6) is -1.18. The first-order chi connectivity index (χ1) is 8.93. The molecule has 0 saturated carbocycles. The number of carbonyl (C=O) groups excluding carboxylic acids is 3. The molecule has 1 rings (SSSR count). The van der Waals surface area contributed by atoms with Crippen molar-refractivity contribution in [1.82, 2.24) is 4.90 Å². The average Bonchev–Trinajstić information content (AvgIpc) is 2.31. The molecule has 0 aromatic rings. The molecule has 1 saturated heterocycles. The number of nitrogens with zero attached hydrogens (tertiary/aromatic N) is 1. The van der Waals surface area contributed by atoms with Crippen LogP contribution in [0.3, 0.4) is 0 Å². The molecule has 0 radical (unpaired) electrons. The summed E-state index contributed by atoms with van der Waals surface area (Å²) >= 11 is 3.15. The van der Waals surface area contributed by atoms with Crippen LogP contribution in [-0.4, -0.2) is 54.6 Å². The van der Waals surface area contributed by atoms with Gasteiger partial charge in [-0.3, -0.25) is 19.3 Å². The fourth-order valence-electron chi connectivity index (χ4n) is 1.61. The molecular formula is C11H17BBrNO5. The zero-order valence-corrected chi connectivity index (χ0v) is 12.6. The standard InChI is InChI=1S/C11H17BBrNO5/c1-3-4-5-8(15)11(13)12-18-9(16)6-14(2)7-10(17)19-12/h11H,3-7H2,1-2H3. The molecule has 6 nitrogen and oxygen atoms in total. The molecule has 0 aliphatic carbocycles. The summed E-state index contributed by atoms with van der Waals surface area (Å²) in [6.45, 7) is 1.96. The number of unbranched alkanes of at least 4 members (excludes halogenated alkanes) is 1. The molecule has 0 aromatic carbocycles. The Kier molecular flexibility index (Phi) is 6.50. The maximum atomic E-state index is 11.8. The van der Waals surface area contributed by atoms with Crippen LogP contribution in [0.5, 0.6) is 0 Å². The van der Waals surface area contributed by atoms with Crippen LogP contribution in [-0.2, 0) is 23.7 Å². The van der Waals surface area contributed by atoms with E-state index in [9.17, 15) is 14.4 Å². The van der Waals surface area contributed by atoms with Gasteiger partial charge in [0.2, 0.25) is 0 Å². The third-order valence-corrected chi connectivity index (χ3v) is 3.56. The predicted octanol–water partition coefficient (Wildman–Crippen LogP) is 0.568. The van der Waals surface area contributed by atoms with Crippen LogP contribution in [0.1, 0.15) is 26.2 Å². The molecular weight excluding hydrogens is 317 g/mol. The zero-order chi connectivity index (χ0) is 14.4. The van der Waals surface area contributed by atoms with Gasteiger partial charge in [-0.15, -0.1) is 0 Å². The molecule has 1 aliphatic heterocycles. The summed E-state index contributed by atoms with van der Waals surface area (Å²) in [5.41, 5.74) is 0. The number of rotatable bonds is 5. The van der Waals surface area contributed by atoms with Crippen molar-refractivity contribution in [3.8, 4) is 0 Å². The summed E-state index contributed by atoms with van der Waals surface area (Å²) in [4.78, 5) is 36.4. The van der Waals surface area contributed by atoms with E-state index in [1.54, 1.807) is 7.05 Å². The second kappa shape index (κ2) is 7.64. The lowest BCUT2D eigenvalue weighted by molar-refractivity contribution is -0.145. The van der Waals surface area contributed by atoms with Gasteiger partial charge in [0.25, 0.3) is 0 Å². The highest BCUT2D eigenvalue weighted by atomic mass is 79.9. The first-order valence-electron chi connectivity index (χ1n) is 6.18. The summed E-state index contributed by atoms with van der Waals surface area (Å²) in [6, 6.07) is 0. The zero-order valence-electron chi connectivity index (χ0n) is 11.1. The van der Waals surface area contributed by atoms with Crippen molar-refractivity contribution in [1.29, 1.82) is 0 Å². The van der Waals surface area contributed by atoms with Gasteiger partial charge in [0, 0.05) is 6.42 Å². The number of likely N-dealkylation sites (N-methyl/N-ethyl adjacent to an activating group) is 1. The highest BCUT2D eigenvalue weighted by Crippen LogP contribution is 2.14. The molecule has 1 heterocycles. The maximum absolute atomic E-state index is 11.8. The van der Waals surface area contributed by atoms with Gasteiger partial charge >= 0.3 is 19.1 Å². The highest BCUT2D eigenvalue weighted by molar-refractivity contribution is 9.10. The van der Waals surface area contributed by atoms with E-state index in [1.165, 1.54) is 4.90 Å². The van der Waals surface area contributed by atoms with Crippen molar-refractivity contribution in [2.24, 2.45) is 0 Å². The Morgan fingerprint density at radius 1 is 1.37 bits per heavy atom. The normalized spacial score (nSPS) is 19.2. The number of hydrogen-bond acceptors (Lipinski definition) is 6. The van der Waals surface area contributed by atoms with Crippen molar-refractivity contribution in [3.05, 3.63) is 0 Å². The Balaban J connectivity index is 2.65. The predicted molar refractivity (Wildman–Crippen MR) is 72.7 cm³/mol. The fraction of sp³-hybridized carbons (Fsp3) is 0.727. The Morgan fingerprint density at radius 2 is 1.89 bits per heavy atom. The van der Waals surface area contributed by atoms with Gasteiger partial charge in [-0.25, -0.2) is 0 Å². The molecule has 1 atom stereocenters. The van der Waals surface area contributed by atoms with Gasteiger partial charge in [0.1, 0.15) is 10.5 Å². The molecule has 1 unspecified atom stereocenters. The SMILES string of the molecule is CCCCC(=O)C(Br)B1OC(=O)CN(C)CC(=O)O1.